The smallest absolute Gasteiger partial charge is 0.319 e. The zero-order valence-corrected chi connectivity index (χ0v) is 12.2. The average molecular weight is 274 g/mol. The van der Waals surface area contributed by atoms with E-state index in [9.17, 15) is 9.59 Å². The van der Waals surface area contributed by atoms with Crippen molar-refractivity contribution >= 4 is 17.5 Å². The minimum Gasteiger partial charge on any atom is -0.333 e. The quantitative estimate of drug-likeness (QED) is 0.825. The van der Waals surface area contributed by atoms with Crippen LogP contribution in [-0.2, 0) is 0 Å². The van der Waals surface area contributed by atoms with Gasteiger partial charge in [-0.15, -0.1) is 0 Å². The van der Waals surface area contributed by atoms with Crippen LogP contribution >= 0.6 is 0 Å². The Morgan fingerprint density at radius 1 is 1.05 bits per heavy atom. The maximum atomic E-state index is 12.0. The Hall–Kier alpha value is -1.84. The van der Waals surface area contributed by atoms with Gasteiger partial charge in [0.15, 0.2) is 5.78 Å². The second kappa shape index (κ2) is 6.07. The van der Waals surface area contributed by atoms with Gasteiger partial charge in [-0.3, -0.25) is 4.79 Å². The Morgan fingerprint density at radius 3 is 2.20 bits per heavy atom. The minimum atomic E-state index is -0.176. The molecule has 2 amide bonds. The topological polar surface area (TPSA) is 58.2 Å². The zero-order valence-electron chi connectivity index (χ0n) is 12.2. The number of carbonyl (C=O) groups is 2. The third kappa shape index (κ3) is 3.83. The highest BCUT2D eigenvalue weighted by molar-refractivity contribution is 5.95. The normalized spacial score (nSPS) is 17.3. The molecule has 1 aromatic rings. The lowest BCUT2D eigenvalue weighted by molar-refractivity contribution is 0.101. The molecule has 2 N–H and O–H groups in total. The van der Waals surface area contributed by atoms with E-state index in [0.29, 0.717) is 11.3 Å². The van der Waals surface area contributed by atoms with Crippen molar-refractivity contribution in [3.63, 3.8) is 0 Å². The molecule has 0 aromatic heterocycles. The molecule has 1 fully saturated rings. The molecular formula is C16H22N2O2. The number of hydrogen-bond donors (Lipinski definition) is 2. The monoisotopic (exact) mass is 274 g/mol. The molecule has 0 heterocycles. The summed E-state index contributed by atoms with van der Waals surface area (Å²) in [5.74, 6) is 0.0238. The van der Waals surface area contributed by atoms with E-state index in [1.807, 2.05) is 0 Å². The SMILES string of the molecule is CC(=O)c1ccc(NC(=O)NC2(C)CCCCC2)cc1. The number of amides is 2. The summed E-state index contributed by atoms with van der Waals surface area (Å²) < 4.78 is 0. The van der Waals surface area contributed by atoms with E-state index >= 15 is 0 Å². The highest BCUT2D eigenvalue weighted by atomic mass is 16.2. The van der Waals surface area contributed by atoms with E-state index in [4.69, 9.17) is 0 Å². The van der Waals surface area contributed by atoms with E-state index < -0.39 is 0 Å². The van der Waals surface area contributed by atoms with Gasteiger partial charge in [-0.2, -0.15) is 0 Å². The number of Topliss-reactive ketones (excluding diaryl/α,β-unsaturated/α-hetero) is 1. The molecule has 2 rings (SSSR count). The summed E-state index contributed by atoms with van der Waals surface area (Å²) >= 11 is 0. The Labute approximate surface area is 119 Å². The van der Waals surface area contributed by atoms with E-state index in [-0.39, 0.29) is 17.4 Å². The van der Waals surface area contributed by atoms with Crippen LogP contribution in [0.4, 0.5) is 10.5 Å². The highest BCUT2D eigenvalue weighted by Gasteiger charge is 2.28. The first-order valence-electron chi connectivity index (χ1n) is 7.19. The van der Waals surface area contributed by atoms with E-state index in [1.54, 1.807) is 24.3 Å². The highest BCUT2D eigenvalue weighted by Crippen LogP contribution is 2.27. The number of ketones is 1. The molecule has 0 saturated heterocycles. The molecule has 1 aromatic carbocycles. The summed E-state index contributed by atoms with van der Waals surface area (Å²) in [5, 5.41) is 5.88. The summed E-state index contributed by atoms with van der Waals surface area (Å²) in [5.41, 5.74) is 1.25. The Balaban J connectivity index is 1.92. The predicted molar refractivity (Wildman–Crippen MR) is 80.1 cm³/mol. The predicted octanol–water partition coefficient (Wildman–Crippen LogP) is 3.73. The molecule has 0 atom stereocenters. The maximum absolute atomic E-state index is 12.0. The standard InChI is InChI=1S/C16H22N2O2/c1-12(19)13-6-8-14(9-7-13)17-15(20)18-16(2)10-4-3-5-11-16/h6-9H,3-5,10-11H2,1-2H3,(H2,17,18,20). The fraction of sp³-hybridized carbons (Fsp3) is 0.500. The van der Waals surface area contributed by atoms with Gasteiger partial charge in [0.2, 0.25) is 0 Å². The molecule has 0 spiro atoms. The van der Waals surface area contributed by atoms with E-state index in [2.05, 4.69) is 17.6 Å². The molecule has 20 heavy (non-hydrogen) atoms. The molecule has 0 aliphatic heterocycles. The van der Waals surface area contributed by atoms with Crippen molar-refractivity contribution in [3.05, 3.63) is 29.8 Å². The van der Waals surface area contributed by atoms with Crippen LogP contribution in [0.5, 0.6) is 0 Å². The molecule has 1 saturated carbocycles. The molecule has 0 bridgehead atoms. The van der Waals surface area contributed by atoms with Crippen molar-refractivity contribution in [2.45, 2.75) is 51.5 Å². The summed E-state index contributed by atoms with van der Waals surface area (Å²) in [7, 11) is 0. The van der Waals surface area contributed by atoms with Crippen LogP contribution in [0.2, 0.25) is 0 Å². The number of rotatable bonds is 3. The first kappa shape index (κ1) is 14.6. The van der Waals surface area contributed by atoms with E-state index in [1.165, 1.54) is 26.2 Å². The Kier molecular flexibility index (Phi) is 4.42. The third-order valence-corrected chi connectivity index (χ3v) is 3.92. The molecule has 0 radical (unpaired) electrons. The van der Waals surface area contributed by atoms with Gasteiger partial charge in [0.1, 0.15) is 0 Å². The summed E-state index contributed by atoms with van der Waals surface area (Å²) in [6, 6.07) is 6.77. The van der Waals surface area contributed by atoms with Crippen LogP contribution < -0.4 is 10.6 Å². The molecule has 4 nitrogen and oxygen atoms in total. The van der Waals surface area contributed by atoms with Gasteiger partial charge < -0.3 is 10.6 Å². The fourth-order valence-corrected chi connectivity index (χ4v) is 2.68. The average Bonchev–Trinajstić information content (AvgIpc) is 2.39. The second-order valence-electron chi connectivity index (χ2n) is 5.83. The van der Waals surface area contributed by atoms with Crippen molar-refractivity contribution in [2.24, 2.45) is 0 Å². The number of nitrogens with one attached hydrogen (secondary N) is 2. The lowest BCUT2D eigenvalue weighted by atomic mass is 9.83. The number of benzene rings is 1. The summed E-state index contributed by atoms with van der Waals surface area (Å²) in [6.07, 6.45) is 5.66. The van der Waals surface area contributed by atoms with Gasteiger partial charge in [0.25, 0.3) is 0 Å². The number of carbonyl (C=O) groups excluding carboxylic acids is 2. The number of urea groups is 1. The van der Waals surface area contributed by atoms with E-state index in [0.717, 1.165) is 12.8 Å². The lowest BCUT2D eigenvalue weighted by Crippen LogP contribution is -2.48. The van der Waals surface area contributed by atoms with Crippen LogP contribution in [0.15, 0.2) is 24.3 Å². The summed E-state index contributed by atoms with van der Waals surface area (Å²) in [6.45, 7) is 3.63. The largest absolute Gasteiger partial charge is 0.333 e. The van der Waals surface area contributed by atoms with Crippen LogP contribution in [0, 0.1) is 0 Å². The first-order chi connectivity index (χ1) is 9.48. The van der Waals surface area contributed by atoms with Gasteiger partial charge >= 0.3 is 6.03 Å². The van der Waals surface area contributed by atoms with Crippen LogP contribution in [0.25, 0.3) is 0 Å². The molecule has 4 heteroatoms. The van der Waals surface area contributed by atoms with Crippen molar-refractivity contribution in [2.75, 3.05) is 5.32 Å². The summed E-state index contributed by atoms with van der Waals surface area (Å²) in [4.78, 5) is 23.2. The van der Waals surface area contributed by atoms with Crippen molar-refractivity contribution in [1.29, 1.82) is 0 Å². The van der Waals surface area contributed by atoms with Gasteiger partial charge in [-0.05, 0) is 51.0 Å². The van der Waals surface area contributed by atoms with Crippen LogP contribution in [0.3, 0.4) is 0 Å². The fourth-order valence-electron chi connectivity index (χ4n) is 2.68. The molecule has 0 unspecified atom stereocenters. The van der Waals surface area contributed by atoms with Crippen molar-refractivity contribution in [1.82, 2.24) is 5.32 Å². The maximum Gasteiger partial charge on any atom is 0.319 e. The van der Waals surface area contributed by atoms with Crippen molar-refractivity contribution < 1.29 is 9.59 Å². The second-order valence-corrected chi connectivity index (χ2v) is 5.83. The van der Waals surface area contributed by atoms with Gasteiger partial charge in [-0.1, -0.05) is 19.3 Å². The Bertz CT molecular complexity index is 488. The number of anilines is 1. The third-order valence-electron chi connectivity index (χ3n) is 3.92. The van der Waals surface area contributed by atoms with Gasteiger partial charge in [0, 0.05) is 16.8 Å². The lowest BCUT2D eigenvalue weighted by Gasteiger charge is -2.34. The Morgan fingerprint density at radius 2 is 1.65 bits per heavy atom. The van der Waals surface area contributed by atoms with Gasteiger partial charge in [0.05, 0.1) is 0 Å². The zero-order chi connectivity index (χ0) is 14.6. The molecule has 1 aliphatic carbocycles. The minimum absolute atomic E-state index is 0.0238. The molecule has 1 aliphatic rings. The van der Waals surface area contributed by atoms with Crippen LogP contribution in [0.1, 0.15) is 56.3 Å². The molecular weight excluding hydrogens is 252 g/mol. The molecule has 108 valence electrons. The van der Waals surface area contributed by atoms with Crippen LogP contribution in [-0.4, -0.2) is 17.4 Å². The first-order valence-corrected chi connectivity index (χ1v) is 7.19. The van der Waals surface area contributed by atoms with Crippen molar-refractivity contribution in [3.8, 4) is 0 Å². The van der Waals surface area contributed by atoms with Gasteiger partial charge in [-0.25, -0.2) is 4.79 Å². The number of hydrogen-bond acceptors (Lipinski definition) is 2.